The van der Waals surface area contributed by atoms with Crippen molar-refractivity contribution in [3.8, 4) is 0 Å². The lowest BCUT2D eigenvalue weighted by Gasteiger charge is -2.00. The lowest BCUT2D eigenvalue weighted by molar-refractivity contribution is -0.144. The molecular formula is C10H17N3O2. The Kier molecular flexibility index (Phi) is 4.83. The van der Waals surface area contributed by atoms with Crippen molar-refractivity contribution in [2.45, 2.75) is 26.3 Å². The van der Waals surface area contributed by atoms with Gasteiger partial charge in [0.25, 0.3) is 0 Å². The Hall–Kier alpha value is -1.36. The summed E-state index contributed by atoms with van der Waals surface area (Å²) in [5, 5.41) is 4.07. The molecule has 0 aliphatic heterocycles. The number of rotatable bonds is 6. The summed E-state index contributed by atoms with van der Waals surface area (Å²) in [5.74, 6) is -0.258. The van der Waals surface area contributed by atoms with E-state index in [9.17, 15) is 4.79 Å². The fourth-order valence-electron chi connectivity index (χ4n) is 1.27. The average Bonchev–Trinajstić information content (AvgIpc) is 2.63. The Morgan fingerprint density at radius 3 is 3.13 bits per heavy atom. The van der Waals surface area contributed by atoms with Gasteiger partial charge in [0.1, 0.15) is 6.54 Å². The third kappa shape index (κ3) is 4.12. The Balaban J connectivity index is 2.42. The fourth-order valence-corrected chi connectivity index (χ4v) is 1.27. The van der Waals surface area contributed by atoms with Crippen molar-refractivity contribution in [3.05, 3.63) is 18.0 Å². The van der Waals surface area contributed by atoms with Crippen LogP contribution in [0, 0.1) is 0 Å². The van der Waals surface area contributed by atoms with E-state index in [-0.39, 0.29) is 12.5 Å². The van der Waals surface area contributed by atoms with E-state index in [0.29, 0.717) is 13.2 Å². The van der Waals surface area contributed by atoms with E-state index < -0.39 is 0 Å². The van der Waals surface area contributed by atoms with Crippen molar-refractivity contribution in [2.24, 2.45) is 5.73 Å². The van der Waals surface area contributed by atoms with Gasteiger partial charge in [0, 0.05) is 6.20 Å². The molecule has 2 N–H and O–H groups in total. The van der Waals surface area contributed by atoms with E-state index in [1.54, 1.807) is 17.8 Å². The molecule has 0 aliphatic carbocycles. The predicted molar refractivity (Wildman–Crippen MR) is 56.2 cm³/mol. The zero-order chi connectivity index (χ0) is 11.1. The minimum Gasteiger partial charge on any atom is -0.465 e. The summed E-state index contributed by atoms with van der Waals surface area (Å²) in [7, 11) is 0. The van der Waals surface area contributed by atoms with Crippen molar-refractivity contribution >= 4 is 5.97 Å². The standard InChI is InChI=1S/C10H17N3O2/c1-2-15-10(14)8-13-7-9(6-12-13)4-3-5-11/h6-7H,2-5,8,11H2,1H3. The molecular weight excluding hydrogens is 194 g/mol. The minimum atomic E-state index is -0.258. The highest BCUT2D eigenvalue weighted by molar-refractivity contribution is 5.68. The molecule has 0 radical (unpaired) electrons. The molecule has 0 atom stereocenters. The quantitative estimate of drug-likeness (QED) is 0.689. The van der Waals surface area contributed by atoms with Gasteiger partial charge in [-0.25, -0.2) is 0 Å². The Labute approximate surface area is 89.2 Å². The molecule has 84 valence electrons. The highest BCUT2D eigenvalue weighted by atomic mass is 16.5. The first kappa shape index (κ1) is 11.7. The van der Waals surface area contributed by atoms with Gasteiger partial charge >= 0.3 is 5.97 Å². The first-order valence-electron chi connectivity index (χ1n) is 5.13. The molecule has 0 aromatic carbocycles. The van der Waals surface area contributed by atoms with Crippen LogP contribution in [0.25, 0.3) is 0 Å². The number of hydrogen-bond acceptors (Lipinski definition) is 4. The zero-order valence-corrected chi connectivity index (χ0v) is 8.98. The van der Waals surface area contributed by atoms with Gasteiger partial charge in [-0.1, -0.05) is 0 Å². The highest BCUT2D eigenvalue weighted by Gasteiger charge is 2.04. The number of esters is 1. The van der Waals surface area contributed by atoms with Crippen LogP contribution < -0.4 is 5.73 Å². The lowest BCUT2D eigenvalue weighted by Crippen LogP contribution is -2.13. The maximum atomic E-state index is 11.1. The van der Waals surface area contributed by atoms with Gasteiger partial charge in [-0.2, -0.15) is 5.10 Å². The molecule has 0 aliphatic rings. The number of aromatic nitrogens is 2. The SMILES string of the molecule is CCOC(=O)Cn1cc(CCCN)cn1. The van der Waals surface area contributed by atoms with E-state index in [1.807, 2.05) is 6.20 Å². The molecule has 0 saturated carbocycles. The molecule has 5 heteroatoms. The molecule has 1 rings (SSSR count). The van der Waals surface area contributed by atoms with Crippen LogP contribution in [0.1, 0.15) is 18.9 Å². The molecule has 0 fully saturated rings. The number of carbonyl (C=O) groups excluding carboxylic acids is 1. The largest absolute Gasteiger partial charge is 0.465 e. The summed E-state index contributed by atoms with van der Waals surface area (Å²) in [6.45, 7) is 3.04. The normalized spacial score (nSPS) is 10.3. The molecule has 5 nitrogen and oxygen atoms in total. The van der Waals surface area contributed by atoms with Gasteiger partial charge in [0.05, 0.1) is 12.8 Å². The first-order valence-corrected chi connectivity index (χ1v) is 5.13. The molecule has 0 spiro atoms. The van der Waals surface area contributed by atoms with Crippen molar-refractivity contribution < 1.29 is 9.53 Å². The summed E-state index contributed by atoms with van der Waals surface area (Å²) in [6.07, 6.45) is 5.45. The van der Waals surface area contributed by atoms with Crippen LogP contribution >= 0.6 is 0 Å². The summed E-state index contributed by atoms with van der Waals surface area (Å²) >= 11 is 0. The number of nitrogens with zero attached hydrogens (tertiary/aromatic N) is 2. The molecule has 1 aromatic heterocycles. The van der Waals surface area contributed by atoms with Crippen LogP contribution in [-0.4, -0.2) is 28.9 Å². The maximum absolute atomic E-state index is 11.1. The van der Waals surface area contributed by atoms with Gasteiger partial charge in [-0.3, -0.25) is 9.48 Å². The second-order valence-corrected chi connectivity index (χ2v) is 3.24. The monoisotopic (exact) mass is 211 g/mol. The molecule has 0 bridgehead atoms. The topological polar surface area (TPSA) is 70.1 Å². The minimum absolute atomic E-state index is 0.177. The molecule has 1 aromatic rings. The summed E-state index contributed by atoms with van der Waals surface area (Å²) in [6, 6.07) is 0. The fraction of sp³-hybridized carbons (Fsp3) is 0.600. The van der Waals surface area contributed by atoms with Crippen LogP contribution in [-0.2, 0) is 22.5 Å². The first-order chi connectivity index (χ1) is 7.26. The van der Waals surface area contributed by atoms with E-state index in [4.69, 9.17) is 10.5 Å². The second-order valence-electron chi connectivity index (χ2n) is 3.24. The smallest absolute Gasteiger partial charge is 0.327 e. The second kappa shape index (κ2) is 6.19. The van der Waals surface area contributed by atoms with E-state index >= 15 is 0 Å². The third-order valence-corrected chi connectivity index (χ3v) is 1.95. The van der Waals surface area contributed by atoms with Crippen molar-refractivity contribution in [3.63, 3.8) is 0 Å². The van der Waals surface area contributed by atoms with Crippen molar-refractivity contribution in [1.82, 2.24) is 9.78 Å². The average molecular weight is 211 g/mol. The molecule has 1 heterocycles. The van der Waals surface area contributed by atoms with E-state index in [0.717, 1.165) is 18.4 Å². The molecule has 15 heavy (non-hydrogen) atoms. The van der Waals surface area contributed by atoms with Gasteiger partial charge in [-0.05, 0) is 31.9 Å². The predicted octanol–water partition coefficient (Wildman–Crippen LogP) is 0.338. The molecule has 0 amide bonds. The van der Waals surface area contributed by atoms with Gasteiger partial charge in [0.15, 0.2) is 0 Å². The van der Waals surface area contributed by atoms with Crippen LogP contribution in [0.5, 0.6) is 0 Å². The van der Waals surface area contributed by atoms with Crippen LogP contribution in [0.4, 0.5) is 0 Å². The molecule has 0 saturated heterocycles. The van der Waals surface area contributed by atoms with E-state index in [1.165, 1.54) is 0 Å². The number of nitrogens with two attached hydrogens (primary N) is 1. The van der Waals surface area contributed by atoms with E-state index in [2.05, 4.69) is 5.10 Å². The summed E-state index contributed by atoms with van der Waals surface area (Å²) in [5.41, 5.74) is 6.50. The van der Waals surface area contributed by atoms with Crippen LogP contribution in [0.2, 0.25) is 0 Å². The van der Waals surface area contributed by atoms with Crippen molar-refractivity contribution in [1.29, 1.82) is 0 Å². The summed E-state index contributed by atoms with van der Waals surface area (Å²) < 4.78 is 6.40. The van der Waals surface area contributed by atoms with Gasteiger partial charge < -0.3 is 10.5 Å². The lowest BCUT2D eigenvalue weighted by atomic mass is 10.2. The number of hydrogen-bond donors (Lipinski definition) is 1. The van der Waals surface area contributed by atoms with Gasteiger partial charge in [0.2, 0.25) is 0 Å². The van der Waals surface area contributed by atoms with Crippen LogP contribution in [0.3, 0.4) is 0 Å². The van der Waals surface area contributed by atoms with Crippen LogP contribution in [0.15, 0.2) is 12.4 Å². The van der Waals surface area contributed by atoms with Crippen molar-refractivity contribution in [2.75, 3.05) is 13.2 Å². The summed E-state index contributed by atoms with van der Waals surface area (Å²) in [4.78, 5) is 11.1. The Morgan fingerprint density at radius 2 is 2.47 bits per heavy atom. The highest BCUT2D eigenvalue weighted by Crippen LogP contribution is 2.01. The number of carbonyl (C=O) groups is 1. The van der Waals surface area contributed by atoms with Gasteiger partial charge in [-0.15, -0.1) is 0 Å². The number of aryl methyl sites for hydroxylation is 1. The Morgan fingerprint density at radius 1 is 1.67 bits per heavy atom. The Bertz CT molecular complexity index is 309. The third-order valence-electron chi connectivity index (χ3n) is 1.95. The molecule has 0 unspecified atom stereocenters. The number of ether oxygens (including phenoxy) is 1. The maximum Gasteiger partial charge on any atom is 0.327 e. The zero-order valence-electron chi connectivity index (χ0n) is 8.98.